The number of aliphatic hydroxyl groups is 1. The molecule has 0 heterocycles. The van der Waals surface area contributed by atoms with Crippen LogP contribution in [0.3, 0.4) is 0 Å². The molecule has 3 nitrogen and oxygen atoms in total. The van der Waals surface area contributed by atoms with Crippen LogP contribution >= 0.6 is 15.9 Å². The zero-order valence-corrected chi connectivity index (χ0v) is 12.6. The van der Waals surface area contributed by atoms with Gasteiger partial charge in [0.15, 0.2) is 0 Å². The average molecular weight is 316 g/mol. The first-order valence-corrected chi connectivity index (χ1v) is 7.21. The summed E-state index contributed by atoms with van der Waals surface area (Å²) >= 11 is 3.41. The molecule has 2 N–H and O–H groups in total. The third-order valence-corrected chi connectivity index (χ3v) is 3.35. The molecule has 0 fully saturated rings. The molecule has 0 spiro atoms. The van der Waals surface area contributed by atoms with Crippen molar-refractivity contribution in [1.82, 2.24) is 5.32 Å². The van der Waals surface area contributed by atoms with Crippen LogP contribution < -0.4 is 10.1 Å². The summed E-state index contributed by atoms with van der Waals surface area (Å²) in [5.74, 6) is 0.762. The van der Waals surface area contributed by atoms with E-state index in [0.717, 1.165) is 23.1 Å². The van der Waals surface area contributed by atoms with E-state index in [-0.39, 0.29) is 0 Å². The number of halogens is 1. The molecule has 102 valence electrons. The summed E-state index contributed by atoms with van der Waals surface area (Å²) < 4.78 is 6.46. The van der Waals surface area contributed by atoms with Crippen LogP contribution in [0.15, 0.2) is 28.7 Å². The van der Waals surface area contributed by atoms with Gasteiger partial charge in [-0.1, -0.05) is 25.5 Å². The van der Waals surface area contributed by atoms with Crippen LogP contribution in [0.25, 0.3) is 0 Å². The summed E-state index contributed by atoms with van der Waals surface area (Å²) in [7, 11) is 0. The first kappa shape index (κ1) is 15.5. The number of ether oxygens (including phenoxy) is 1. The number of aliphatic hydroxyl groups excluding tert-OH is 1. The minimum atomic E-state index is -0.489. The molecular weight excluding hydrogens is 294 g/mol. The Kier molecular flexibility index (Phi) is 7.32. The molecule has 1 rings (SSSR count). The SMILES string of the molecule is CCCC(C)NCC(O)COc1ccccc1Br. The fourth-order valence-electron chi connectivity index (χ4n) is 1.68. The van der Waals surface area contributed by atoms with Gasteiger partial charge in [-0.05, 0) is 41.4 Å². The third-order valence-electron chi connectivity index (χ3n) is 2.69. The van der Waals surface area contributed by atoms with Crippen LogP contribution in [0, 0.1) is 0 Å². The van der Waals surface area contributed by atoms with E-state index in [0.29, 0.717) is 19.2 Å². The largest absolute Gasteiger partial charge is 0.490 e. The van der Waals surface area contributed by atoms with E-state index in [4.69, 9.17) is 4.74 Å². The van der Waals surface area contributed by atoms with Gasteiger partial charge >= 0.3 is 0 Å². The maximum absolute atomic E-state index is 9.82. The smallest absolute Gasteiger partial charge is 0.133 e. The van der Waals surface area contributed by atoms with Crippen LogP contribution in [-0.4, -0.2) is 30.4 Å². The Hall–Kier alpha value is -0.580. The Bertz CT molecular complexity index is 346. The monoisotopic (exact) mass is 315 g/mol. The molecule has 2 atom stereocenters. The highest BCUT2D eigenvalue weighted by atomic mass is 79.9. The zero-order chi connectivity index (χ0) is 13.4. The Morgan fingerprint density at radius 1 is 1.39 bits per heavy atom. The normalized spacial score (nSPS) is 14.2. The maximum Gasteiger partial charge on any atom is 0.133 e. The van der Waals surface area contributed by atoms with Crippen molar-refractivity contribution < 1.29 is 9.84 Å². The summed E-state index contributed by atoms with van der Waals surface area (Å²) in [5, 5.41) is 13.1. The van der Waals surface area contributed by atoms with Gasteiger partial charge in [0.25, 0.3) is 0 Å². The van der Waals surface area contributed by atoms with E-state index in [9.17, 15) is 5.11 Å². The lowest BCUT2D eigenvalue weighted by molar-refractivity contribution is 0.103. The molecule has 0 aliphatic rings. The average Bonchev–Trinajstić information content (AvgIpc) is 2.36. The van der Waals surface area contributed by atoms with Crippen LogP contribution in [0.4, 0.5) is 0 Å². The van der Waals surface area contributed by atoms with Crippen LogP contribution in [0.5, 0.6) is 5.75 Å². The van der Waals surface area contributed by atoms with Gasteiger partial charge in [-0.3, -0.25) is 0 Å². The maximum atomic E-state index is 9.82. The van der Waals surface area contributed by atoms with Crippen molar-refractivity contribution in [3.05, 3.63) is 28.7 Å². The van der Waals surface area contributed by atoms with Crippen molar-refractivity contribution in [2.24, 2.45) is 0 Å². The quantitative estimate of drug-likeness (QED) is 0.775. The summed E-state index contributed by atoms with van der Waals surface area (Å²) in [6.07, 6.45) is 1.78. The number of rotatable bonds is 8. The Morgan fingerprint density at radius 2 is 2.11 bits per heavy atom. The third kappa shape index (κ3) is 5.85. The topological polar surface area (TPSA) is 41.5 Å². The van der Waals surface area contributed by atoms with Crippen LogP contribution in [-0.2, 0) is 0 Å². The van der Waals surface area contributed by atoms with Crippen LogP contribution in [0.2, 0.25) is 0 Å². The van der Waals surface area contributed by atoms with Gasteiger partial charge in [0.2, 0.25) is 0 Å². The first-order chi connectivity index (χ1) is 8.63. The lowest BCUT2D eigenvalue weighted by Gasteiger charge is -2.17. The van der Waals surface area contributed by atoms with Gasteiger partial charge in [-0.25, -0.2) is 0 Å². The van der Waals surface area contributed by atoms with E-state index < -0.39 is 6.10 Å². The lowest BCUT2D eigenvalue weighted by Crippen LogP contribution is -2.36. The van der Waals surface area contributed by atoms with Crippen molar-refractivity contribution in [1.29, 1.82) is 0 Å². The predicted molar refractivity (Wildman–Crippen MR) is 78.0 cm³/mol. The zero-order valence-electron chi connectivity index (χ0n) is 11.0. The van der Waals surface area contributed by atoms with E-state index in [1.807, 2.05) is 24.3 Å². The van der Waals surface area contributed by atoms with E-state index in [1.165, 1.54) is 0 Å². The number of para-hydroxylation sites is 1. The minimum absolute atomic E-state index is 0.300. The number of benzene rings is 1. The second-order valence-electron chi connectivity index (χ2n) is 4.49. The van der Waals surface area contributed by atoms with Crippen molar-refractivity contribution in [3.8, 4) is 5.75 Å². The molecule has 18 heavy (non-hydrogen) atoms. The molecule has 1 aromatic rings. The van der Waals surface area contributed by atoms with E-state index >= 15 is 0 Å². The molecule has 0 saturated heterocycles. The Morgan fingerprint density at radius 3 is 2.78 bits per heavy atom. The molecule has 0 aliphatic carbocycles. The highest BCUT2D eigenvalue weighted by molar-refractivity contribution is 9.10. The van der Waals surface area contributed by atoms with Gasteiger partial charge in [-0.2, -0.15) is 0 Å². The summed E-state index contributed by atoms with van der Waals surface area (Å²) in [5.41, 5.74) is 0. The molecule has 4 heteroatoms. The molecule has 0 aromatic heterocycles. The number of hydrogen-bond donors (Lipinski definition) is 2. The Balaban J connectivity index is 2.25. The summed E-state index contributed by atoms with van der Waals surface area (Å²) in [6, 6.07) is 8.08. The van der Waals surface area contributed by atoms with E-state index in [1.54, 1.807) is 0 Å². The van der Waals surface area contributed by atoms with Gasteiger partial charge in [0.05, 0.1) is 4.47 Å². The molecular formula is C14H22BrNO2. The fraction of sp³-hybridized carbons (Fsp3) is 0.571. The van der Waals surface area contributed by atoms with Crippen molar-refractivity contribution in [3.63, 3.8) is 0 Å². The minimum Gasteiger partial charge on any atom is -0.490 e. The molecule has 0 bridgehead atoms. The van der Waals surface area contributed by atoms with E-state index in [2.05, 4.69) is 35.1 Å². The molecule has 0 radical (unpaired) electrons. The second-order valence-corrected chi connectivity index (χ2v) is 5.35. The lowest BCUT2D eigenvalue weighted by atomic mass is 10.2. The second kappa shape index (κ2) is 8.51. The first-order valence-electron chi connectivity index (χ1n) is 6.42. The fourth-order valence-corrected chi connectivity index (χ4v) is 2.08. The van der Waals surface area contributed by atoms with Crippen molar-refractivity contribution in [2.75, 3.05) is 13.2 Å². The van der Waals surface area contributed by atoms with Gasteiger partial charge in [0.1, 0.15) is 18.5 Å². The predicted octanol–water partition coefficient (Wildman–Crippen LogP) is 2.97. The number of hydrogen-bond acceptors (Lipinski definition) is 3. The standard InChI is InChI=1S/C14H22BrNO2/c1-3-6-11(2)16-9-12(17)10-18-14-8-5-4-7-13(14)15/h4-5,7-8,11-12,16-17H,3,6,9-10H2,1-2H3. The molecule has 0 saturated carbocycles. The molecule has 2 unspecified atom stereocenters. The van der Waals surface area contributed by atoms with Crippen molar-refractivity contribution >= 4 is 15.9 Å². The highest BCUT2D eigenvalue weighted by Crippen LogP contribution is 2.23. The highest BCUT2D eigenvalue weighted by Gasteiger charge is 2.08. The van der Waals surface area contributed by atoms with Gasteiger partial charge < -0.3 is 15.2 Å². The Labute approximate surface area is 118 Å². The van der Waals surface area contributed by atoms with Gasteiger partial charge in [0, 0.05) is 12.6 Å². The number of nitrogens with one attached hydrogen (secondary N) is 1. The van der Waals surface area contributed by atoms with Crippen molar-refractivity contribution in [2.45, 2.75) is 38.8 Å². The summed E-state index contributed by atoms with van der Waals surface area (Å²) in [6.45, 7) is 5.15. The van der Waals surface area contributed by atoms with Crippen LogP contribution in [0.1, 0.15) is 26.7 Å². The summed E-state index contributed by atoms with van der Waals surface area (Å²) in [4.78, 5) is 0. The molecule has 0 amide bonds. The molecule has 1 aromatic carbocycles. The van der Waals surface area contributed by atoms with Gasteiger partial charge in [-0.15, -0.1) is 0 Å². The molecule has 0 aliphatic heterocycles.